The van der Waals surface area contributed by atoms with E-state index in [2.05, 4.69) is 37.9 Å². The van der Waals surface area contributed by atoms with Crippen molar-refractivity contribution in [1.82, 2.24) is 5.32 Å². The Kier molecular flexibility index (Phi) is 3.39. The average molecular weight is 179 g/mol. The van der Waals surface area contributed by atoms with Gasteiger partial charge in [-0.3, -0.25) is 0 Å². The van der Waals surface area contributed by atoms with Gasteiger partial charge in [0.15, 0.2) is 0 Å². The highest BCUT2D eigenvalue weighted by Crippen LogP contribution is 2.41. The van der Waals surface area contributed by atoms with Crippen molar-refractivity contribution in [2.75, 3.05) is 6.54 Å². The Morgan fingerprint density at radius 3 is 2.38 bits per heavy atom. The Labute approximate surface area is 82.3 Å². The Morgan fingerprint density at radius 2 is 2.00 bits per heavy atom. The lowest BCUT2D eigenvalue weighted by atomic mass is 9.65. The molecule has 1 aliphatic carbocycles. The van der Waals surface area contributed by atoms with E-state index in [0.29, 0.717) is 11.5 Å². The van der Waals surface area contributed by atoms with E-state index in [1.165, 1.54) is 12.8 Å². The van der Waals surface area contributed by atoms with Gasteiger partial charge >= 0.3 is 0 Å². The predicted molar refractivity (Wildman–Crippen MR) is 57.4 cm³/mol. The van der Waals surface area contributed by atoms with Crippen molar-refractivity contribution in [3.8, 4) is 11.8 Å². The first-order valence-corrected chi connectivity index (χ1v) is 5.18. The highest BCUT2D eigenvalue weighted by Gasteiger charge is 2.38. The van der Waals surface area contributed by atoms with Crippen LogP contribution in [0.3, 0.4) is 0 Å². The van der Waals surface area contributed by atoms with E-state index >= 15 is 0 Å². The first-order chi connectivity index (χ1) is 6.05. The van der Waals surface area contributed by atoms with Gasteiger partial charge in [-0.15, -0.1) is 5.92 Å². The fourth-order valence-electron chi connectivity index (χ4n) is 2.05. The second-order valence-corrected chi connectivity index (χ2v) is 4.96. The van der Waals surface area contributed by atoms with Crippen LogP contribution in [0.4, 0.5) is 0 Å². The van der Waals surface area contributed by atoms with Gasteiger partial charge in [-0.05, 0) is 31.1 Å². The van der Waals surface area contributed by atoms with E-state index in [-0.39, 0.29) is 0 Å². The minimum absolute atomic E-state index is 0.454. The summed E-state index contributed by atoms with van der Waals surface area (Å²) in [5, 5.41) is 3.50. The third-order valence-electron chi connectivity index (χ3n) is 3.02. The van der Waals surface area contributed by atoms with E-state index in [1.807, 2.05) is 6.92 Å². The van der Waals surface area contributed by atoms with Crippen LogP contribution in [-0.4, -0.2) is 12.6 Å². The maximum atomic E-state index is 3.50. The molecule has 0 bridgehead atoms. The van der Waals surface area contributed by atoms with Crippen molar-refractivity contribution in [2.45, 2.75) is 46.6 Å². The zero-order chi connectivity index (χ0) is 9.90. The molecule has 1 aliphatic rings. The number of nitrogens with one attached hydrogen (secondary N) is 1. The van der Waals surface area contributed by atoms with Crippen LogP contribution in [0.2, 0.25) is 0 Å². The van der Waals surface area contributed by atoms with Crippen molar-refractivity contribution >= 4 is 0 Å². The molecule has 2 atom stereocenters. The van der Waals surface area contributed by atoms with E-state index in [1.54, 1.807) is 0 Å². The summed E-state index contributed by atoms with van der Waals surface area (Å²) in [6.45, 7) is 9.74. The molecule has 0 spiro atoms. The predicted octanol–water partition coefficient (Wildman–Crippen LogP) is 2.42. The Balaban J connectivity index is 2.31. The molecular weight excluding hydrogens is 158 g/mol. The molecule has 2 unspecified atom stereocenters. The number of hydrogen-bond donors (Lipinski definition) is 1. The molecular formula is C12H21N. The molecule has 74 valence electrons. The van der Waals surface area contributed by atoms with Crippen LogP contribution in [0, 0.1) is 23.2 Å². The average Bonchev–Trinajstić information content (AvgIpc) is 1.92. The summed E-state index contributed by atoms with van der Waals surface area (Å²) in [7, 11) is 0. The first-order valence-electron chi connectivity index (χ1n) is 5.18. The van der Waals surface area contributed by atoms with E-state index in [9.17, 15) is 0 Å². The Bertz CT molecular complexity index is 214. The first kappa shape index (κ1) is 10.6. The summed E-state index contributed by atoms with van der Waals surface area (Å²) in [6, 6.07) is 0.709. The highest BCUT2D eigenvalue weighted by molar-refractivity contribution is 5.00. The summed E-state index contributed by atoms with van der Waals surface area (Å²) >= 11 is 0. The summed E-state index contributed by atoms with van der Waals surface area (Å²) in [5.74, 6) is 6.81. The largest absolute Gasteiger partial charge is 0.303 e. The fourth-order valence-corrected chi connectivity index (χ4v) is 2.05. The molecule has 1 fully saturated rings. The van der Waals surface area contributed by atoms with Gasteiger partial charge in [0, 0.05) is 6.04 Å². The second kappa shape index (κ2) is 4.15. The maximum Gasteiger partial charge on any atom is 0.0578 e. The van der Waals surface area contributed by atoms with Gasteiger partial charge < -0.3 is 5.32 Å². The van der Waals surface area contributed by atoms with Crippen LogP contribution in [-0.2, 0) is 0 Å². The van der Waals surface area contributed by atoms with Gasteiger partial charge in [0.2, 0.25) is 0 Å². The SMILES string of the molecule is CC#CCNC1CCC1C(C)(C)C. The molecule has 0 saturated heterocycles. The fraction of sp³-hybridized carbons (Fsp3) is 0.833. The quantitative estimate of drug-likeness (QED) is 0.642. The van der Waals surface area contributed by atoms with Gasteiger partial charge in [-0.2, -0.15) is 0 Å². The number of rotatable bonds is 2. The maximum absolute atomic E-state index is 3.50. The van der Waals surface area contributed by atoms with Gasteiger partial charge in [0.25, 0.3) is 0 Å². The Hall–Kier alpha value is -0.480. The third kappa shape index (κ3) is 2.74. The molecule has 0 aromatic rings. The number of hydrogen-bond acceptors (Lipinski definition) is 1. The van der Waals surface area contributed by atoms with E-state index in [4.69, 9.17) is 0 Å². The highest BCUT2D eigenvalue weighted by atomic mass is 14.9. The van der Waals surface area contributed by atoms with Crippen molar-refractivity contribution in [1.29, 1.82) is 0 Å². The normalized spacial score (nSPS) is 27.4. The molecule has 0 radical (unpaired) electrons. The van der Waals surface area contributed by atoms with Gasteiger partial charge in [0.05, 0.1) is 6.54 Å². The van der Waals surface area contributed by atoms with Crippen LogP contribution >= 0.6 is 0 Å². The van der Waals surface area contributed by atoms with E-state index in [0.717, 1.165) is 12.5 Å². The summed E-state index contributed by atoms with van der Waals surface area (Å²) in [6.07, 6.45) is 2.70. The molecule has 0 aromatic carbocycles. The molecule has 0 amide bonds. The van der Waals surface area contributed by atoms with Crippen LogP contribution in [0.1, 0.15) is 40.5 Å². The van der Waals surface area contributed by atoms with Crippen LogP contribution in [0.25, 0.3) is 0 Å². The summed E-state index contributed by atoms with van der Waals surface area (Å²) in [4.78, 5) is 0. The van der Waals surface area contributed by atoms with Crippen molar-refractivity contribution < 1.29 is 0 Å². The second-order valence-electron chi connectivity index (χ2n) is 4.96. The molecule has 0 aromatic heterocycles. The lowest BCUT2D eigenvalue weighted by Gasteiger charge is -2.45. The van der Waals surface area contributed by atoms with Gasteiger partial charge in [-0.25, -0.2) is 0 Å². The molecule has 1 heteroatoms. The topological polar surface area (TPSA) is 12.0 Å². The van der Waals surface area contributed by atoms with Crippen molar-refractivity contribution in [3.05, 3.63) is 0 Å². The molecule has 1 rings (SSSR count). The van der Waals surface area contributed by atoms with Crippen LogP contribution in [0.5, 0.6) is 0 Å². The standard InChI is InChI=1S/C12H21N/c1-5-6-9-13-11-8-7-10(11)12(2,3)4/h10-11,13H,7-9H2,1-4H3. The zero-order valence-electron chi connectivity index (χ0n) is 9.28. The minimum Gasteiger partial charge on any atom is -0.303 e. The summed E-state index contributed by atoms with van der Waals surface area (Å²) in [5.41, 5.74) is 0.454. The van der Waals surface area contributed by atoms with Gasteiger partial charge in [0.1, 0.15) is 0 Å². The van der Waals surface area contributed by atoms with Crippen LogP contribution < -0.4 is 5.32 Å². The lowest BCUT2D eigenvalue weighted by Crippen LogP contribution is -2.49. The Morgan fingerprint density at radius 1 is 1.31 bits per heavy atom. The molecule has 1 nitrogen and oxygen atoms in total. The van der Waals surface area contributed by atoms with E-state index < -0.39 is 0 Å². The molecule has 1 saturated carbocycles. The monoisotopic (exact) mass is 179 g/mol. The zero-order valence-corrected chi connectivity index (χ0v) is 9.28. The smallest absolute Gasteiger partial charge is 0.0578 e. The van der Waals surface area contributed by atoms with Crippen molar-refractivity contribution in [3.63, 3.8) is 0 Å². The lowest BCUT2D eigenvalue weighted by molar-refractivity contribution is 0.0882. The van der Waals surface area contributed by atoms with Crippen molar-refractivity contribution in [2.24, 2.45) is 11.3 Å². The molecule has 0 heterocycles. The minimum atomic E-state index is 0.454. The molecule has 0 aliphatic heterocycles. The van der Waals surface area contributed by atoms with Gasteiger partial charge in [-0.1, -0.05) is 26.7 Å². The van der Waals surface area contributed by atoms with Crippen LogP contribution in [0.15, 0.2) is 0 Å². The summed E-state index contributed by atoms with van der Waals surface area (Å²) < 4.78 is 0. The third-order valence-corrected chi connectivity index (χ3v) is 3.02. The molecule has 13 heavy (non-hydrogen) atoms. The molecule has 1 N–H and O–H groups in total.